The average Bonchev–Trinajstić information content (AvgIpc) is 2.97. The van der Waals surface area contributed by atoms with E-state index in [9.17, 15) is 9.59 Å². The minimum atomic E-state index is -0.838. The number of benzene rings is 1. The third-order valence-electron chi connectivity index (χ3n) is 3.72. The summed E-state index contributed by atoms with van der Waals surface area (Å²) in [5, 5.41) is 2.78. The number of carbonyl (C=O) groups is 2. The van der Waals surface area contributed by atoms with Gasteiger partial charge in [-0.3, -0.25) is 4.79 Å². The number of aromatic nitrogens is 1. The first-order valence-electron chi connectivity index (χ1n) is 8.12. The van der Waals surface area contributed by atoms with E-state index in [2.05, 4.69) is 25.8 Å². The predicted molar refractivity (Wildman–Crippen MR) is 101 cm³/mol. The van der Waals surface area contributed by atoms with E-state index in [0.717, 1.165) is 10.6 Å². The van der Waals surface area contributed by atoms with Crippen molar-refractivity contribution in [1.29, 1.82) is 0 Å². The number of Topliss-reactive ketones (excluding diaryl/α,β-unsaturated/α-hetero) is 1. The molecule has 0 bridgehead atoms. The molecular formula is C20H23NO3S. The maximum Gasteiger partial charge on any atom is 0.331 e. The SMILES string of the molecule is Cc1nc(/C=C/C(=O)OC(C)C(=O)c2ccc(C(C)(C)C)cc2)cs1. The van der Waals surface area contributed by atoms with Crippen molar-refractivity contribution in [3.8, 4) is 0 Å². The Balaban J connectivity index is 1.97. The molecule has 132 valence electrons. The van der Waals surface area contributed by atoms with Crippen LogP contribution in [0.5, 0.6) is 0 Å². The lowest BCUT2D eigenvalue weighted by Gasteiger charge is -2.19. The summed E-state index contributed by atoms with van der Waals surface area (Å²) in [6, 6.07) is 7.43. The second kappa shape index (κ2) is 7.74. The maximum atomic E-state index is 12.4. The van der Waals surface area contributed by atoms with Gasteiger partial charge in [0.05, 0.1) is 10.7 Å². The zero-order chi connectivity index (χ0) is 18.6. The van der Waals surface area contributed by atoms with Crippen LogP contribution in [0.3, 0.4) is 0 Å². The molecule has 1 atom stereocenters. The van der Waals surface area contributed by atoms with Crippen LogP contribution in [0.4, 0.5) is 0 Å². The third-order valence-corrected chi connectivity index (χ3v) is 4.52. The number of ether oxygens (including phenoxy) is 1. The minimum absolute atomic E-state index is 0.0263. The second-order valence-electron chi connectivity index (χ2n) is 6.90. The Hall–Kier alpha value is -2.27. The first kappa shape index (κ1) is 19.1. The number of thiazole rings is 1. The summed E-state index contributed by atoms with van der Waals surface area (Å²) in [4.78, 5) is 28.5. The highest BCUT2D eigenvalue weighted by atomic mass is 32.1. The van der Waals surface area contributed by atoms with Crippen LogP contribution < -0.4 is 0 Å². The number of ketones is 1. The molecule has 0 amide bonds. The van der Waals surface area contributed by atoms with E-state index in [0.29, 0.717) is 11.3 Å². The Morgan fingerprint density at radius 3 is 2.36 bits per heavy atom. The molecule has 1 aromatic carbocycles. The fraction of sp³-hybridized carbons (Fsp3) is 0.350. The molecular weight excluding hydrogens is 334 g/mol. The molecule has 0 aliphatic rings. The number of rotatable bonds is 5. The smallest absolute Gasteiger partial charge is 0.331 e. The molecule has 0 aliphatic carbocycles. The normalized spacial score (nSPS) is 13.0. The molecule has 0 fully saturated rings. The van der Waals surface area contributed by atoms with Gasteiger partial charge in [-0.1, -0.05) is 45.0 Å². The van der Waals surface area contributed by atoms with Crippen LogP contribution in [0.15, 0.2) is 35.7 Å². The van der Waals surface area contributed by atoms with Gasteiger partial charge in [0.15, 0.2) is 6.10 Å². The summed E-state index contributed by atoms with van der Waals surface area (Å²) >= 11 is 1.51. The van der Waals surface area contributed by atoms with Gasteiger partial charge in [0.2, 0.25) is 5.78 Å². The zero-order valence-electron chi connectivity index (χ0n) is 15.2. The molecule has 4 nitrogen and oxygen atoms in total. The van der Waals surface area contributed by atoms with Crippen LogP contribution in [-0.2, 0) is 14.9 Å². The molecule has 2 aromatic rings. The third kappa shape index (κ3) is 5.36. The van der Waals surface area contributed by atoms with E-state index in [4.69, 9.17) is 4.74 Å². The van der Waals surface area contributed by atoms with E-state index in [1.54, 1.807) is 25.1 Å². The van der Waals surface area contributed by atoms with E-state index >= 15 is 0 Å². The van der Waals surface area contributed by atoms with Gasteiger partial charge in [-0.15, -0.1) is 11.3 Å². The van der Waals surface area contributed by atoms with Crippen molar-refractivity contribution >= 4 is 29.2 Å². The van der Waals surface area contributed by atoms with Crippen LogP contribution >= 0.6 is 11.3 Å². The molecule has 0 saturated carbocycles. The van der Waals surface area contributed by atoms with Crippen LogP contribution in [-0.4, -0.2) is 22.8 Å². The summed E-state index contributed by atoms with van der Waals surface area (Å²) in [5.41, 5.74) is 2.41. The lowest BCUT2D eigenvalue weighted by Crippen LogP contribution is -2.23. The second-order valence-corrected chi connectivity index (χ2v) is 7.96. The standard InChI is InChI=1S/C20H23NO3S/c1-13(24-18(22)11-10-17-12-25-14(2)21-17)19(23)15-6-8-16(9-7-15)20(3,4)5/h6-13H,1-5H3/b11-10+. The van der Waals surface area contributed by atoms with E-state index < -0.39 is 12.1 Å². The number of hydrogen-bond acceptors (Lipinski definition) is 5. The highest BCUT2D eigenvalue weighted by Gasteiger charge is 2.20. The van der Waals surface area contributed by atoms with Crippen LogP contribution in [0.25, 0.3) is 6.08 Å². The Kier molecular flexibility index (Phi) is 5.90. The highest BCUT2D eigenvalue weighted by molar-refractivity contribution is 7.09. The van der Waals surface area contributed by atoms with Crippen LogP contribution in [0.2, 0.25) is 0 Å². The van der Waals surface area contributed by atoms with Crippen molar-refractivity contribution in [2.75, 3.05) is 0 Å². The molecule has 2 rings (SSSR count). The van der Waals surface area contributed by atoms with E-state index in [1.807, 2.05) is 24.4 Å². The largest absolute Gasteiger partial charge is 0.451 e. The number of aryl methyl sites for hydroxylation is 1. The number of hydrogen-bond donors (Lipinski definition) is 0. The van der Waals surface area contributed by atoms with Gasteiger partial charge in [0.1, 0.15) is 0 Å². The van der Waals surface area contributed by atoms with Crippen LogP contribution in [0, 0.1) is 6.92 Å². The summed E-state index contributed by atoms with van der Waals surface area (Å²) in [6.45, 7) is 9.82. The fourth-order valence-corrected chi connectivity index (χ4v) is 2.83. The fourth-order valence-electron chi connectivity index (χ4n) is 2.25. The molecule has 1 unspecified atom stereocenters. The maximum absolute atomic E-state index is 12.4. The van der Waals surface area contributed by atoms with Gasteiger partial charge in [-0.2, -0.15) is 0 Å². The Labute approximate surface area is 152 Å². The highest BCUT2D eigenvalue weighted by Crippen LogP contribution is 2.22. The molecule has 0 spiro atoms. The predicted octanol–water partition coefficient (Wildman–Crippen LogP) is 4.58. The molecule has 0 saturated heterocycles. The summed E-state index contributed by atoms with van der Waals surface area (Å²) in [6.07, 6.45) is 2.04. The molecule has 0 N–H and O–H groups in total. The van der Waals surface area contributed by atoms with Gasteiger partial charge in [-0.05, 0) is 30.9 Å². The number of nitrogens with zero attached hydrogens (tertiary/aromatic N) is 1. The van der Waals surface area contributed by atoms with E-state index in [-0.39, 0.29) is 11.2 Å². The number of esters is 1. The van der Waals surface area contributed by atoms with Gasteiger partial charge >= 0.3 is 5.97 Å². The Morgan fingerprint density at radius 2 is 1.84 bits per heavy atom. The van der Waals surface area contributed by atoms with Crippen molar-refractivity contribution in [1.82, 2.24) is 4.98 Å². The Bertz CT molecular complexity index is 782. The topological polar surface area (TPSA) is 56.3 Å². The van der Waals surface area contributed by atoms with Crippen molar-refractivity contribution in [2.45, 2.75) is 46.1 Å². The minimum Gasteiger partial charge on any atom is -0.451 e. The molecule has 1 heterocycles. The molecule has 1 aromatic heterocycles. The van der Waals surface area contributed by atoms with Crippen molar-refractivity contribution < 1.29 is 14.3 Å². The Morgan fingerprint density at radius 1 is 1.20 bits per heavy atom. The van der Waals surface area contributed by atoms with Gasteiger partial charge in [-0.25, -0.2) is 9.78 Å². The zero-order valence-corrected chi connectivity index (χ0v) is 16.0. The average molecular weight is 357 g/mol. The molecule has 25 heavy (non-hydrogen) atoms. The van der Waals surface area contributed by atoms with Crippen molar-refractivity contribution in [3.05, 3.63) is 57.6 Å². The molecule has 0 radical (unpaired) electrons. The lowest BCUT2D eigenvalue weighted by molar-refractivity contribution is -0.140. The van der Waals surface area contributed by atoms with Gasteiger partial charge in [0, 0.05) is 17.0 Å². The molecule has 5 heteroatoms. The quantitative estimate of drug-likeness (QED) is 0.447. The van der Waals surface area contributed by atoms with Crippen molar-refractivity contribution in [3.63, 3.8) is 0 Å². The van der Waals surface area contributed by atoms with Crippen molar-refractivity contribution in [2.24, 2.45) is 0 Å². The van der Waals surface area contributed by atoms with Gasteiger partial charge in [0.25, 0.3) is 0 Å². The number of carbonyl (C=O) groups excluding carboxylic acids is 2. The first-order chi connectivity index (χ1) is 11.7. The summed E-state index contributed by atoms with van der Waals surface area (Å²) < 4.78 is 5.19. The van der Waals surface area contributed by atoms with Gasteiger partial charge < -0.3 is 4.74 Å². The summed E-state index contributed by atoms with van der Waals surface area (Å²) in [5.74, 6) is -0.774. The summed E-state index contributed by atoms with van der Waals surface area (Å²) in [7, 11) is 0. The van der Waals surface area contributed by atoms with E-state index in [1.165, 1.54) is 17.4 Å². The first-order valence-corrected chi connectivity index (χ1v) is 9.00. The van der Waals surface area contributed by atoms with Crippen LogP contribution in [0.1, 0.15) is 54.3 Å². The monoisotopic (exact) mass is 357 g/mol. The molecule has 0 aliphatic heterocycles. The lowest BCUT2D eigenvalue weighted by atomic mass is 9.86.